The summed E-state index contributed by atoms with van der Waals surface area (Å²) >= 11 is 0. The van der Waals surface area contributed by atoms with Crippen molar-refractivity contribution in [2.75, 3.05) is 26.3 Å². The minimum atomic E-state index is -4.37. The van der Waals surface area contributed by atoms with Gasteiger partial charge in [0.25, 0.3) is 15.9 Å². The molecule has 162 valence electrons. The van der Waals surface area contributed by atoms with Crippen LogP contribution in [0.4, 0.5) is 5.69 Å². The van der Waals surface area contributed by atoms with Gasteiger partial charge in [-0.1, -0.05) is 35.6 Å². The first kappa shape index (κ1) is 22.3. The van der Waals surface area contributed by atoms with E-state index in [1.165, 1.54) is 30.3 Å². The molecular formula is C21H22N4O5S. The zero-order valence-electron chi connectivity index (χ0n) is 16.9. The molecule has 9 nitrogen and oxygen atoms in total. The Morgan fingerprint density at radius 3 is 2.29 bits per heavy atom. The number of carbonyl (C=O) groups excluding carboxylic acids is 2. The van der Waals surface area contributed by atoms with E-state index in [0.717, 1.165) is 13.0 Å². The smallest absolute Gasteiger partial charge is 0.273 e. The van der Waals surface area contributed by atoms with E-state index in [9.17, 15) is 18.0 Å². The Labute approximate surface area is 180 Å². The number of morpholine rings is 1. The summed E-state index contributed by atoms with van der Waals surface area (Å²) in [6.07, 6.45) is 2.50. The number of nitrogens with zero attached hydrogens (tertiary/aromatic N) is 4. The summed E-state index contributed by atoms with van der Waals surface area (Å²) < 4.78 is 31.3. The molecule has 0 bridgehead atoms. The minimum absolute atomic E-state index is 0.200. The normalized spacial score (nSPS) is 14.8. The third-order valence-electron chi connectivity index (χ3n) is 4.35. The summed E-state index contributed by atoms with van der Waals surface area (Å²) in [6.45, 7) is 3.43. The Morgan fingerprint density at radius 1 is 1.03 bits per heavy atom. The second-order valence-corrected chi connectivity index (χ2v) is 8.41. The molecule has 1 heterocycles. The summed E-state index contributed by atoms with van der Waals surface area (Å²) in [7, 11) is -4.37. The van der Waals surface area contributed by atoms with Crippen LogP contribution in [0.15, 0.2) is 75.9 Å². The molecule has 2 amide bonds. The molecule has 0 saturated carbocycles. The lowest BCUT2D eigenvalue weighted by Gasteiger charge is -2.22. The van der Waals surface area contributed by atoms with Crippen LogP contribution in [0.1, 0.15) is 12.5 Å². The van der Waals surface area contributed by atoms with E-state index in [-0.39, 0.29) is 9.20 Å². The maximum absolute atomic E-state index is 12.9. The molecule has 0 radical (unpaired) electrons. The predicted octanol–water partition coefficient (Wildman–Crippen LogP) is 2.79. The fraction of sp³-hybridized carbons (Fsp3) is 0.238. The van der Waals surface area contributed by atoms with Gasteiger partial charge in [0.1, 0.15) is 0 Å². The highest BCUT2D eigenvalue weighted by Crippen LogP contribution is 2.21. The van der Waals surface area contributed by atoms with Crippen molar-refractivity contribution in [1.29, 1.82) is 0 Å². The van der Waals surface area contributed by atoms with E-state index in [4.69, 9.17) is 4.74 Å². The zero-order valence-corrected chi connectivity index (χ0v) is 17.7. The molecule has 2 aromatic carbocycles. The highest BCUT2D eigenvalue weighted by atomic mass is 32.2. The number of hydrogen-bond donors (Lipinski definition) is 0. The van der Waals surface area contributed by atoms with Crippen LogP contribution in [0.25, 0.3) is 6.08 Å². The minimum Gasteiger partial charge on any atom is -0.378 e. The third-order valence-corrected chi connectivity index (χ3v) is 6.14. The standard InChI is InChI=1S/C21H22N4O5S/c1-17(26)25(21(27)12-7-18-5-3-2-4-6-18)31(28,29)20-10-8-19(9-11-20)22-23-24-13-15-30-16-14-24/h2-12H,13-16H2,1H3/b12-7+,23-22?. The molecule has 1 aliphatic heterocycles. The molecule has 0 aliphatic carbocycles. The van der Waals surface area contributed by atoms with Crippen molar-refractivity contribution < 1.29 is 22.7 Å². The molecule has 0 aromatic heterocycles. The first-order valence-corrected chi connectivity index (χ1v) is 11.0. The predicted molar refractivity (Wildman–Crippen MR) is 114 cm³/mol. The molecule has 10 heteroatoms. The molecular weight excluding hydrogens is 420 g/mol. The Morgan fingerprint density at radius 2 is 1.68 bits per heavy atom. The van der Waals surface area contributed by atoms with Gasteiger partial charge in [0.15, 0.2) is 0 Å². The molecule has 2 aromatic rings. The molecule has 3 rings (SSSR count). The van der Waals surface area contributed by atoms with Crippen molar-refractivity contribution in [1.82, 2.24) is 9.31 Å². The number of imide groups is 1. The third kappa shape index (κ3) is 5.83. The topological polar surface area (TPSA) is 109 Å². The molecule has 31 heavy (non-hydrogen) atoms. The maximum Gasteiger partial charge on any atom is 0.273 e. The number of ether oxygens (including phenoxy) is 1. The van der Waals surface area contributed by atoms with E-state index in [1.54, 1.807) is 29.3 Å². The summed E-state index contributed by atoms with van der Waals surface area (Å²) in [5.74, 6) is -1.86. The van der Waals surface area contributed by atoms with E-state index in [1.807, 2.05) is 6.07 Å². The van der Waals surface area contributed by atoms with Crippen LogP contribution in [0.2, 0.25) is 0 Å². The van der Waals surface area contributed by atoms with E-state index < -0.39 is 21.8 Å². The van der Waals surface area contributed by atoms with Crippen molar-refractivity contribution in [2.24, 2.45) is 10.3 Å². The van der Waals surface area contributed by atoms with Crippen molar-refractivity contribution in [3.05, 3.63) is 66.2 Å². The highest BCUT2D eigenvalue weighted by molar-refractivity contribution is 7.90. The highest BCUT2D eigenvalue weighted by Gasteiger charge is 2.31. The number of benzene rings is 2. The molecule has 0 atom stereocenters. The van der Waals surface area contributed by atoms with Crippen LogP contribution in [-0.2, 0) is 24.3 Å². The average Bonchev–Trinajstić information content (AvgIpc) is 2.77. The summed E-state index contributed by atoms with van der Waals surface area (Å²) in [6, 6.07) is 14.4. The van der Waals surface area contributed by atoms with Gasteiger partial charge in [-0.05, 0) is 35.9 Å². The Hall–Kier alpha value is -3.37. The summed E-state index contributed by atoms with van der Waals surface area (Å²) in [5.41, 5.74) is 1.14. The van der Waals surface area contributed by atoms with E-state index in [2.05, 4.69) is 10.3 Å². The van der Waals surface area contributed by atoms with Crippen LogP contribution in [0.5, 0.6) is 0 Å². The largest absolute Gasteiger partial charge is 0.378 e. The molecule has 1 saturated heterocycles. The Kier molecular flexibility index (Phi) is 7.27. The zero-order chi connectivity index (χ0) is 22.3. The lowest BCUT2D eigenvalue weighted by molar-refractivity contribution is -0.134. The summed E-state index contributed by atoms with van der Waals surface area (Å²) in [4.78, 5) is 24.3. The van der Waals surface area contributed by atoms with Crippen molar-refractivity contribution in [3.63, 3.8) is 0 Å². The van der Waals surface area contributed by atoms with Gasteiger partial charge in [0, 0.05) is 13.0 Å². The van der Waals surface area contributed by atoms with Crippen LogP contribution < -0.4 is 0 Å². The first-order chi connectivity index (χ1) is 14.9. The number of amides is 2. The van der Waals surface area contributed by atoms with Crippen molar-refractivity contribution >= 4 is 33.6 Å². The van der Waals surface area contributed by atoms with Crippen molar-refractivity contribution in [2.45, 2.75) is 11.8 Å². The first-order valence-electron chi connectivity index (χ1n) is 9.55. The van der Waals surface area contributed by atoms with Gasteiger partial charge in [0.05, 0.1) is 36.9 Å². The molecule has 0 unspecified atom stereocenters. The Balaban J connectivity index is 1.77. The number of hydrogen-bond acceptors (Lipinski definition) is 7. The van der Waals surface area contributed by atoms with Gasteiger partial charge in [-0.2, -0.15) is 4.31 Å². The second-order valence-electron chi connectivity index (χ2n) is 6.62. The maximum atomic E-state index is 12.9. The van der Waals surface area contributed by atoms with Gasteiger partial charge in [-0.15, -0.1) is 5.11 Å². The fourth-order valence-corrected chi connectivity index (χ4v) is 4.12. The van der Waals surface area contributed by atoms with Gasteiger partial charge < -0.3 is 4.74 Å². The Bertz CT molecular complexity index is 1080. The summed E-state index contributed by atoms with van der Waals surface area (Å²) in [5, 5.41) is 9.92. The lowest BCUT2D eigenvalue weighted by Crippen LogP contribution is -2.39. The van der Waals surface area contributed by atoms with Crippen molar-refractivity contribution in [3.8, 4) is 0 Å². The van der Waals surface area contributed by atoms with Crippen LogP contribution in [0.3, 0.4) is 0 Å². The molecule has 0 N–H and O–H groups in total. The number of rotatable bonds is 6. The SMILES string of the molecule is CC(=O)N(C(=O)/C=C/c1ccccc1)S(=O)(=O)c1ccc(N=NN2CCOCC2)cc1. The van der Waals surface area contributed by atoms with Crippen LogP contribution in [0, 0.1) is 0 Å². The van der Waals surface area contributed by atoms with E-state index in [0.29, 0.717) is 37.6 Å². The lowest BCUT2D eigenvalue weighted by atomic mass is 10.2. The van der Waals surface area contributed by atoms with Crippen LogP contribution >= 0.6 is 0 Å². The number of carbonyl (C=O) groups is 2. The molecule has 1 fully saturated rings. The average molecular weight is 442 g/mol. The quantitative estimate of drug-likeness (QED) is 0.503. The van der Waals surface area contributed by atoms with E-state index >= 15 is 0 Å². The van der Waals surface area contributed by atoms with Gasteiger partial charge in [-0.25, -0.2) is 8.42 Å². The van der Waals surface area contributed by atoms with Gasteiger partial charge in [-0.3, -0.25) is 14.6 Å². The fourth-order valence-electron chi connectivity index (χ4n) is 2.79. The molecule has 0 spiro atoms. The molecule has 1 aliphatic rings. The van der Waals surface area contributed by atoms with Gasteiger partial charge >= 0.3 is 0 Å². The second kappa shape index (κ2) is 10.1. The van der Waals surface area contributed by atoms with Crippen LogP contribution in [-0.4, -0.2) is 55.8 Å². The monoisotopic (exact) mass is 442 g/mol. The van der Waals surface area contributed by atoms with Gasteiger partial charge in [0.2, 0.25) is 5.91 Å². The number of sulfonamides is 1.